The first kappa shape index (κ1) is 23.1. The third kappa shape index (κ3) is 4.37. The number of carbonyl (C=O) groups is 3. The van der Waals surface area contributed by atoms with Crippen LogP contribution in [0, 0.1) is 0 Å². The average molecular weight is 437 g/mol. The molecule has 1 N–H and O–H groups in total. The van der Waals surface area contributed by atoms with E-state index in [4.69, 9.17) is 14.2 Å². The SMILES string of the molecule is CCOC(=O)C1=C(C(=O)OCC)C(c2cccc3ccccc23)C(C(=O)OCC)=C(C)N1. The summed E-state index contributed by atoms with van der Waals surface area (Å²) in [6.45, 7) is 7.15. The summed E-state index contributed by atoms with van der Waals surface area (Å²) in [5.41, 5.74) is 1.35. The lowest BCUT2D eigenvalue weighted by Crippen LogP contribution is -2.36. The highest BCUT2D eigenvalue weighted by Crippen LogP contribution is 2.42. The van der Waals surface area contributed by atoms with Crippen LogP contribution < -0.4 is 5.32 Å². The van der Waals surface area contributed by atoms with Crippen LogP contribution in [0.5, 0.6) is 0 Å². The molecule has 2 aromatic rings. The Labute approximate surface area is 187 Å². The summed E-state index contributed by atoms with van der Waals surface area (Å²) in [6.07, 6.45) is 0. The molecule has 0 aliphatic carbocycles. The van der Waals surface area contributed by atoms with Gasteiger partial charge in [0.2, 0.25) is 0 Å². The first-order chi connectivity index (χ1) is 15.4. The van der Waals surface area contributed by atoms with Gasteiger partial charge in [-0.1, -0.05) is 42.5 Å². The lowest BCUT2D eigenvalue weighted by atomic mass is 9.78. The van der Waals surface area contributed by atoms with E-state index in [2.05, 4.69) is 5.32 Å². The molecule has 2 aromatic carbocycles. The van der Waals surface area contributed by atoms with Crippen LogP contribution in [0.2, 0.25) is 0 Å². The van der Waals surface area contributed by atoms with Crippen molar-refractivity contribution in [2.24, 2.45) is 0 Å². The molecule has 0 aromatic heterocycles. The number of hydrogen-bond donors (Lipinski definition) is 1. The summed E-state index contributed by atoms with van der Waals surface area (Å²) in [7, 11) is 0. The molecule has 0 spiro atoms. The zero-order valence-electron chi connectivity index (χ0n) is 18.7. The lowest BCUT2D eigenvalue weighted by Gasteiger charge is -2.31. The third-order valence-corrected chi connectivity index (χ3v) is 5.17. The summed E-state index contributed by atoms with van der Waals surface area (Å²) >= 11 is 0. The smallest absolute Gasteiger partial charge is 0.355 e. The standard InChI is InChI=1S/C25H27NO6/c1-5-30-23(27)19-15(4)26-22(25(29)32-7-3)21(24(28)31-6-2)20(19)18-14-10-12-16-11-8-9-13-17(16)18/h8-14,20,26H,5-7H2,1-4H3. The van der Waals surface area contributed by atoms with E-state index in [0.717, 1.165) is 10.8 Å². The minimum absolute atomic E-state index is 0.0234. The number of rotatable bonds is 7. The Morgan fingerprint density at radius 3 is 2.00 bits per heavy atom. The van der Waals surface area contributed by atoms with Crippen LogP contribution in [-0.2, 0) is 28.6 Å². The predicted molar refractivity (Wildman–Crippen MR) is 119 cm³/mol. The molecule has 1 aliphatic heterocycles. The second kappa shape index (κ2) is 10.1. The van der Waals surface area contributed by atoms with Crippen molar-refractivity contribution in [1.82, 2.24) is 5.32 Å². The van der Waals surface area contributed by atoms with Crippen LogP contribution in [0.4, 0.5) is 0 Å². The van der Waals surface area contributed by atoms with Gasteiger partial charge in [0.1, 0.15) is 5.70 Å². The fourth-order valence-corrected chi connectivity index (χ4v) is 3.91. The maximum absolute atomic E-state index is 13.2. The molecule has 168 valence electrons. The molecule has 0 bridgehead atoms. The van der Waals surface area contributed by atoms with Crippen LogP contribution in [0.25, 0.3) is 10.8 Å². The normalized spacial score (nSPS) is 15.9. The molecule has 0 saturated heterocycles. The number of dihydropyridines is 1. The van der Waals surface area contributed by atoms with Crippen LogP contribution >= 0.6 is 0 Å². The number of esters is 3. The monoisotopic (exact) mass is 437 g/mol. The summed E-state index contributed by atoms with van der Waals surface area (Å²) in [6, 6.07) is 13.3. The number of carbonyl (C=O) groups excluding carboxylic acids is 3. The van der Waals surface area contributed by atoms with Gasteiger partial charge >= 0.3 is 17.9 Å². The van der Waals surface area contributed by atoms with E-state index < -0.39 is 23.8 Å². The highest BCUT2D eigenvalue weighted by Gasteiger charge is 2.41. The van der Waals surface area contributed by atoms with Gasteiger partial charge in [0.15, 0.2) is 0 Å². The summed E-state index contributed by atoms with van der Waals surface area (Å²) in [5.74, 6) is -2.83. The van der Waals surface area contributed by atoms with Crippen molar-refractivity contribution in [3.63, 3.8) is 0 Å². The highest BCUT2D eigenvalue weighted by molar-refractivity contribution is 6.07. The first-order valence-electron chi connectivity index (χ1n) is 10.6. The van der Waals surface area contributed by atoms with E-state index in [1.807, 2.05) is 42.5 Å². The van der Waals surface area contributed by atoms with Crippen molar-refractivity contribution >= 4 is 28.7 Å². The Morgan fingerprint density at radius 1 is 0.781 bits per heavy atom. The summed E-state index contributed by atoms with van der Waals surface area (Å²) < 4.78 is 15.8. The Kier molecular flexibility index (Phi) is 7.30. The molecule has 3 rings (SSSR count). The van der Waals surface area contributed by atoms with Crippen molar-refractivity contribution in [2.75, 3.05) is 19.8 Å². The second-order valence-electron chi connectivity index (χ2n) is 7.12. The molecular weight excluding hydrogens is 410 g/mol. The molecule has 1 aliphatic rings. The van der Waals surface area contributed by atoms with E-state index in [1.54, 1.807) is 27.7 Å². The van der Waals surface area contributed by atoms with E-state index in [1.165, 1.54) is 0 Å². The quantitative estimate of drug-likeness (QED) is 0.521. The van der Waals surface area contributed by atoms with E-state index in [-0.39, 0.29) is 36.7 Å². The van der Waals surface area contributed by atoms with Gasteiger partial charge in [-0.05, 0) is 44.0 Å². The van der Waals surface area contributed by atoms with Crippen molar-refractivity contribution < 1.29 is 28.6 Å². The number of allylic oxidation sites excluding steroid dienone is 1. The zero-order chi connectivity index (χ0) is 23.3. The van der Waals surface area contributed by atoms with Gasteiger partial charge in [0, 0.05) is 5.70 Å². The van der Waals surface area contributed by atoms with Crippen LogP contribution in [-0.4, -0.2) is 37.7 Å². The van der Waals surface area contributed by atoms with Gasteiger partial charge in [-0.15, -0.1) is 0 Å². The molecular formula is C25H27NO6. The average Bonchev–Trinajstić information content (AvgIpc) is 2.78. The number of benzene rings is 2. The van der Waals surface area contributed by atoms with Gasteiger partial charge in [-0.25, -0.2) is 14.4 Å². The Bertz CT molecular complexity index is 1110. The molecule has 0 fully saturated rings. The minimum Gasteiger partial charge on any atom is -0.463 e. The second-order valence-corrected chi connectivity index (χ2v) is 7.12. The maximum atomic E-state index is 13.2. The fraction of sp³-hybridized carbons (Fsp3) is 0.320. The van der Waals surface area contributed by atoms with Crippen molar-refractivity contribution in [3.05, 3.63) is 70.6 Å². The first-order valence-corrected chi connectivity index (χ1v) is 10.6. The van der Waals surface area contributed by atoms with Crippen molar-refractivity contribution in [2.45, 2.75) is 33.6 Å². The van der Waals surface area contributed by atoms with Crippen LogP contribution in [0.1, 0.15) is 39.2 Å². The number of hydrogen-bond acceptors (Lipinski definition) is 7. The Hall–Kier alpha value is -3.61. The Morgan fingerprint density at radius 2 is 1.34 bits per heavy atom. The van der Waals surface area contributed by atoms with E-state index in [9.17, 15) is 14.4 Å². The molecule has 1 unspecified atom stereocenters. The number of ether oxygens (including phenoxy) is 3. The van der Waals surface area contributed by atoms with Gasteiger partial charge in [0.05, 0.1) is 36.9 Å². The Balaban J connectivity index is 2.35. The molecule has 1 heterocycles. The molecule has 1 atom stereocenters. The van der Waals surface area contributed by atoms with Crippen molar-refractivity contribution in [1.29, 1.82) is 0 Å². The topological polar surface area (TPSA) is 90.9 Å². The molecule has 0 radical (unpaired) electrons. The van der Waals surface area contributed by atoms with Gasteiger partial charge in [0.25, 0.3) is 0 Å². The molecule has 0 amide bonds. The largest absolute Gasteiger partial charge is 0.463 e. The van der Waals surface area contributed by atoms with Crippen LogP contribution in [0.15, 0.2) is 65.0 Å². The molecule has 7 heteroatoms. The summed E-state index contributed by atoms with van der Waals surface area (Å²) in [4.78, 5) is 39.0. The number of nitrogens with one attached hydrogen (secondary N) is 1. The third-order valence-electron chi connectivity index (χ3n) is 5.17. The van der Waals surface area contributed by atoms with Gasteiger partial charge in [-0.3, -0.25) is 0 Å². The number of fused-ring (bicyclic) bond motifs is 1. The lowest BCUT2D eigenvalue weighted by molar-refractivity contribution is -0.143. The summed E-state index contributed by atoms with van der Waals surface area (Å²) in [5, 5.41) is 4.69. The molecule has 0 saturated carbocycles. The maximum Gasteiger partial charge on any atom is 0.355 e. The zero-order valence-corrected chi connectivity index (χ0v) is 18.7. The van der Waals surface area contributed by atoms with Gasteiger partial charge in [-0.2, -0.15) is 0 Å². The van der Waals surface area contributed by atoms with Crippen LogP contribution in [0.3, 0.4) is 0 Å². The minimum atomic E-state index is -0.875. The molecule has 7 nitrogen and oxygen atoms in total. The molecule has 32 heavy (non-hydrogen) atoms. The van der Waals surface area contributed by atoms with Crippen molar-refractivity contribution in [3.8, 4) is 0 Å². The highest BCUT2D eigenvalue weighted by atomic mass is 16.5. The van der Waals surface area contributed by atoms with Gasteiger partial charge < -0.3 is 19.5 Å². The predicted octanol–water partition coefficient (Wildman–Crippen LogP) is 3.74. The van der Waals surface area contributed by atoms with E-state index >= 15 is 0 Å². The fourth-order valence-electron chi connectivity index (χ4n) is 3.91. The van der Waals surface area contributed by atoms with E-state index in [0.29, 0.717) is 11.3 Å².